The molecule has 2 aliphatic rings. The lowest BCUT2D eigenvalue weighted by Crippen LogP contribution is -2.49. The average molecular weight is 515 g/mol. The number of benzene rings is 2. The normalized spacial score (nSPS) is 24.9. The minimum absolute atomic E-state index is 0.0836. The molecule has 6 nitrogen and oxygen atoms in total. The Morgan fingerprint density at radius 1 is 1.11 bits per heavy atom. The molecule has 2 aromatic carbocycles. The third kappa shape index (κ3) is 7.60. The molecule has 0 saturated carbocycles. The number of ether oxygens (including phenoxy) is 2. The van der Waals surface area contributed by atoms with Crippen LogP contribution in [0.2, 0.25) is 0 Å². The van der Waals surface area contributed by atoms with E-state index in [1.54, 1.807) is 0 Å². The first kappa shape index (κ1) is 27.2. The summed E-state index contributed by atoms with van der Waals surface area (Å²) in [6.07, 6.45) is 6.28. The monoisotopic (exact) mass is 514 g/mol. The number of rotatable bonds is 5. The van der Waals surface area contributed by atoms with Crippen LogP contribution in [0.15, 0.2) is 48.6 Å². The van der Waals surface area contributed by atoms with Crippen molar-refractivity contribution in [3.8, 4) is 5.75 Å². The van der Waals surface area contributed by atoms with E-state index >= 15 is 0 Å². The first-order chi connectivity index (χ1) is 17.9. The van der Waals surface area contributed by atoms with E-state index in [1.807, 2.05) is 30.4 Å². The smallest absolute Gasteiger partial charge is 0.220 e. The van der Waals surface area contributed by atoms with Crippen LogP contribution in [-0.4, -0.2) is 42.9 Å². The maximum absolute atomic E-state index is 13.8. The molecule has 1 amide bonds. The summed E-state index contributed by atoms with van der Waals surface area (Å²) in [5.41, 5.74) is 2.53. The van der Waals surface area contributed by atoms with Crippen LogP contribution in [0.3, 0.4) is 0 Å². The van der Waals surface area contributed by atoms with Crippen LogP contribution >= 0.6 is 0 Å². The van der Waals surface area contributed by atoms with Gasteiger partial charge in [0.05, 0.1) is 31.5 Å². The quantitative estimate of drug-likeness (QED) is 0.506. The van der Waals surface area contributed by atoms with Gasteiger partial charge in [-0.25, -0.2) is 8.78 Å². The fourth-order valence-electron chi connectivity index (χ4n) is 4.96. The molecule has 0 unspecified atom stereocenters. The van der Waals surface area contributed by atoms with Crippen LogP contribution in [-0.2, 0) is 16.0 Å². The molecular weight excluding hydrogens is 478 g/mol. The van der Waals surface area contributed by atoms with Crippen molar-refractivity contribution in [2.24, 2.45) is 0 Å². The van der Waals surface area contributed by atoms with Crippen molar-refractivity contribution in [3.63, 3.8) is 0 Å². The second kappa shape index (κ2) is 13.1. The van der Waals surface area contributed by atoms with Crippen molar-refractivity contribution in [2.45, 2.75) is 69.7 Å². The number of aliphatic hydroxyl groups is 1. The molecule has 4 atom stereocenters. The maximum Gasteiger partial charge on any atom is 0.220 e. The van der Waals surface area contributed by atoms with Gasteiger partial charge in [-0.3, -0.25) is 4.79 Å². The van der Waals surface area contributed by atoms with Gasteiger partial charge in [0.2, 0.25) is 5.91 Å². The molecule has 0 fully saturated rings. The van der Waals surface area contributed by atoms with E-state index in [-0.39, 0.29) is 37.4 Å². The SMILES string of the molecule is CCCOc1ccc2c(c1)[C@@H]1C[C@H]2OCC=CCCCC(=O)N[C@@H](Cc2cc(F)cc(F)c2)[C@H](O)CN1. The summed E-state index contributed by atoms with van der Waals surface area (Å²) in [6, 6.07) is 8.50. The predicted octanol–water partition coefficient (Wildman–Crippen LogP) is 4.67. The molecular formula is C29H36F2N2O4. The topological polar surface area (TPSA) is 79.8 Å². The Bertz CT molecular complexity index is 1070. The number of nitrogens with one attached hydrogen (secondary N) is 2. The summed E-state index contributed by atoms with van der Waals surface area (Å²) in [4.78, 5) is 12.6. The third-order valence-corrected chi connectivity index (χ3v) is 6.80. The molecule has 4 rings (SSSR count). The van der Waals surface area contributed by atoms with Crippen LogP contribution in [0.5, 0.6) is 5.75 Å². The minimum Gasteiger partial charge on any atom is -0.494 e. The zero-order chi connectivity index (χ0) is 26.2. The zero-order valence-electron chi connectivity index (χ0n) is 21.2. The fourth-order valence-corrected chi connectivity index (χ4v) is 4.96. The van der Waals surface area contributed by atoms with E-state index in [9.17, 15) is 18.7 Å². The number of β-amino-alcohol motifs (C(OH)–C–C–N with tert-alkyl or cyclic N) is 1. The number of carbonyl (C=O) groups is 1. The molecule has 3 N–H and O–H groups in total. The highest BCUT2D eigenvalue weighted by Gasteiger charge is 2.33. The number of carbonyl (C=O) groups excluding carboxylic acids is 1. The number of halogens is 2. The fraction of sp³-hybridized carbons (Fsp3) is 0.483. The first-order valence-corrected chi connectivity index (χ1v) is 13.1. The van der Waals surface area contributed by atoms with Gasteiger partial charge in [-0.05, 0) is 73.1 Å². The lowest BCUT2D eigenvalue weighted by molar-refractivity contribution is -0.122. The molecule has 1 heterocycles. The van der Waals surface area contributed by atoms with Gasteiger partial charge in [0.15, 0.2) is 0 Å². The molecule has 2 bridgehead atoms. The summed E-state index contributed by atoms with van der Waals surface area (Å²) >= 11 is 0. The number of allylic oxidation sites excluding steroid dienone is 1. The standard InChI is InChI=1S/C29H36F2N2O4/c1-2-10-36-22-8-9-23-24(16-22)25-17-28(23)37-11-6-4-3-5-7-29(35)33-26(27(34)18-32-25)14-19-12-20(30)15-21(31)13-19/h4,6,8-9,12-13,15-16,25-28,32,34H,2-3,5,7,10-11,14,17-18H2,1H3,(H,33,35)/t25-,26-,27+,28+/m0/s1. The molecule has 0 aromatic heterocycles. The second-order valence-corrected chi connectivity index (χ2v) is 9.74. The number of amides is 1. The maximum atomic E-state index is 13.8. The molecule has 200 valence electrons. The van der Waals surface area contributed by atoms with Crippen LogP contribution in [0.1, 0.15) is 67.9 Å². The van der Waals surface area contributed by atoms with Crippen molar-refractivity contribution in [1.29, 1.82) is 0 Å². The number of hydrogen-bond donors (Lipinski definition) is 3. The first-order valence-electron chi connectivity index (χ1n) is 13.1. The molecule has 0 radical (unpaired) electrons. The van der Waals surface area contributed by atoms with Gasteiger partial charge in [-0.1, -0.05) is 25.1 Å². The van der Waals surface area contributed by atoms with Crippen LogP contribution in [0.25, 0.3) is 0 Å². The molecule has 0 saturated heterocycles. The third-order valence-electron chi connectivity index (χ3n) is 6.80. The largest absolute Gasteiger partial charge is 0.494 e. The van der Waals surface area contributed by atoms with E-state index in [1.165, 1.54) is 12.1 Å². The summed E-state index contributed by atoms with van der Waals surface area (Å²) in [7, 11) is 0. The highest BCUT2D eigenvalue weighted by molar-refractivity contribution is 5.76. The molecule has 37 heavy (non-hydrogen) atoms. The van der Waals surface area contributed by atoms with E-state index < -0.39 is 23.8 Å². The lowest BCUT2D eigenvalue weighted by Gasteiger charge is -2.26. The Morgan fingerprint density at radius 2 is 1.92 bits per heavy atom. The van der Waals surface area contributed by atoms with E-state index in [2.05, 4.69) is 17.6 Å². The number of fused-ring (bicyclic) bond motifs is 5. The summed E-state index contributed by atoms with van der Waals surface area (Å²) in [6.45, 7) is 3.34. The molecule has 0 spiro atoms. The van der Waals surface area contributed by atoms with Gasteiger partial charge in [-0.15, -0.1) is 0 Å². The molecule has 8 heteroatoms. The summed E-state index contributed by atoms with van der Waals surface area (Å²) < 4.78 is 39.6. The van der Waals surface area contributed by atoms with Crippen molar-refractivity contribution < 1.29 is 28.2 Å². The Balaban J connectivity index is 1.55. The van der Waals surface area contributed by atoms with Gasteiger partial charge < -0.3 is 25.2 Å². The highest BCUT2D eigenvalue weighted by Crippen LogP contribution is 2.42. The van der Waals surface area contributed by atoms with E-state index in [0.717, 1.165) is 35.8 Å². The van der Waals surface area contributed by atoms with Crippen LogP contribution in [0.4, 0.5) is 8.78 Å². The summed E-state index contributed by atoms with van der Waals surface area (Å²) in [5.74, 6) is -0.799. The van der Waals surface area contributed by atoms with E-state index in [0.29, 0.717) is 31.6 Å². The van der Waals surface area contributed by atoms with E-state index in [4.69, 9.17) is 9.47 Å². The van der Waals surface area contributed by atoms with Gasteiger partial charge in [0, 0.05) is 25.1 Å². The highest BCUT2D eigenvalue weighted by atomic mass is 19.1. The Morgan fingerprint density at radius 3 is 2.70 bits per heavy atom. The minimum atomic E-state index is -0.981. The molecule has 2 aromatic rings. The summed E-state index contributed by atoms with van der Waals surface area (Å²) in [5, 5.41) is 17.4. The van der Waals surface area contributed by atoms with Crippen LogP contribution < -0.4 is 15.4 Å². The average Bonchev–Trinajstić information content (AvgIpc) is 3.20. The van der Waals surface area contributed by atoms with Crippen molar-refractivity contribution >= 4 is 5.91 Å². The molecule has 1 aliphatic carbocycles. The Hall–Kier alpha value is -2.81. The van der Waals surface area contributed by atoms with Gasteiger partial charge in [0.25, 0.3) is 0 Å². The Labute approximate surface area is 217 Å². The van der Waals surface area contributed by atoms with Gasteiger partial charge >= 0.3 is 0 Å². The van der Waals surface area contributed by atoms with Crippen molar-refractivity contribution in [2.75, 3.05) is 19.8 Å². The van der Waals surface area contributed by atoms with Crippen LogP contribution in [0, 0.1) is 11.6 Å². The Kier molecular flexibility index (Phi) is 9.66. The number of hydrogen-bond acceptors (Lipinski definition) is 5. The van der Waals surface area contributed by atoms with Gasteiger partial charge in [-0.2, -0.15) is 0 Å². The zero-order valence-corrected chi connectivity index (χ0v) is 21.2. The predicted molar refractivity (Wildman–Crippen MR) is 137 cm³/mol. The molecule has 1 aliphatic heterocycles. The number of aliphatic hydroxyl groups excluding tert-OH is 1. The van der Waals surface area contributed by atoms with Gasteiger partial charge in [0.1, 0.15) is 17.4 Å². The van der Waals surface area contributed by atoms with Crippen molar-refractivity contribution in [3.05, 3.63) is 76.9 Å². The van der Waals surface area contributed by atoms with Crippen molar-refractivity contribution in [1.82, 2.24) is 10.6 Å². The second-order valence-electron chi connectivity index (χ2n) is 9.74. The lowest BCUT2D eigenvalue weighted by atomic mass is 9.99.